The predicted molar refractivity (Wildman–Crippen MR) is 42.6 cm³/mol. The maximum absolute atomic E-state index is 12.8. The highest BCUT2D eigenvalue weighted by atomic mass is 19.3. The molecule has 1 aliphatic rings. The van der Waals surface area contributed by atoms with Crippen LogP contribution >= 0.6 is 0 Å². The first kappa shape index (κ1) is 10.4. The van der Waals surface area contributed by atoms with Crippen LogP contribution in [0.15, 0.2) is 0 Å². The summed E-state index contributed by atoms with van der Waals surface area (Å²) >= 11 is 0. The second-order valence-corrected chi connectivity index (χ2v) is 3.17. The summed E-state index contributed by atoms with van der Waals surface area (Å²) in [7, 11) is 1.26. The topological polar surface area (TPSA) is 38.3 Å². The Morgan fingerprint density at radius 1 is 1.54 bits per heavy atom. The standard InChI is InChI=1S/C8H13F2NO2/c1-13-7(12)6-2-3-8(9,10)4-5-11-6/h6,11H,2-5H2,1H3. The zero-order valence-electron chi connectivity index (χ0n) is 7.48. The molecule has 1 saturated heterocycles. The molecule has 1 fully saturated rings. The van der Waals surface area contributed by atoms with E-state index in [1.165, 1.54) is 7.11 Å². The van der Waals surface area contributed by atoms with Crippen molar-refractivity contribution in [1.82, 2.24) is 5.32 Å². The number of ether oxygens (including phenoxy) is 1. The number of carbonyl (C=O) groups is 1. The lowest BCUT2D eigenvalue weighted by molar-refractivity contribution is -0.143. The molecule has 0 aromatic carbocycles. The highest BCUT2D eigenvalue weighted by Gasteiger charge is 2.34. The molecule has 1 rings (SSSR count). The maximum Gasteiger partial charge on any atom is 0.322 e. The minimum absolute atomic E-state index is 0.139. The molecule has 1 aliphatic heterocycles. The third-order valence-corrected chi connectivity index (χ3v) is 2.17. The molecule has 5 heteroatoms. The normalized spacial score (nSPS) is 27.8. The van der Waals surface area contributed by atoms with E-state index in [4.69, 9.17) is 0 Å². The van der Waals surface area contributed by atoms with Crippen LogP contribution in [0.1, 0.15) is 19.3 Å². The largest absolute Gasteiger partial charge is 0.468 e. The van der Waals surface area contributed by atoms with Crippen molar-refractivity contribution < 1.29 is 18.3 Å². The molecule has 1 unspecified atom stereocenters. The van der Waals surface area contributed by atoms with Gasteiger partial charge in [0, 0.05) is 19.4 Å². The van der Waals surface area contributed by atoms with Crippen LogP contribution in [-0.4, -0.2) is 31.6 Å². The van der Waals surface area contributed by atoms with Gasteiger partial charge in [-0.25, -0.2) is 8.78 Å². The highest BCUT2D eigenvalue weighted by molar-refractivity contribution is 5.75. The van der Waals surface area contributed by atoms with Gasteiger partial charge in [0.1, 0.15) is 6.04 Å². The van der Waals surface area contributed by atoms with Gasteiger partial charge < -0.3 is 10.1 Å². The van der Waals surface area contributed by atoms with Crippen LogP contribution in [0.5, 0.6) is 0 Å². The monoisotopic (exact) mass is 193 g/mol. The van der Waals surface area contributed by atoms with Crippen LogP contribution < -0.4 is 5.32 Å². The summed E-state index contributed by atoms with van der Waals surface area (Å²) in [5.74, 6) is -3.10. The Labute approximate surface area is 75.4 Å². The Morgan fingerprint density at radius 2 is 2.23 bits per heavy atom. The van der Waals surface area contributed by atoms with Gasteiger partial charge in [-0.3, -0.25) is 4.79 Å². The van der Waals surface area contributed by atoms with Crippen molar-refractivity contribution in [2.45, 2.75) is 31.2 Å². The van der Waals surface area contributed by atoms with Crippen LogP contribution in [0.25, 0.3) is 0 Å². The molecule has 13 heavy (non-hydrogen) atoms. The van der Waals surface area contributed by atoms with Gasteiger partial charge in [0.25, 0.3) is 0 Å². The summed E-state index contributed by atoms with van der Waals surface area (Å²) in [5.41, 5.74) is 0. The molecule has 0 aromatic rings. The van der Waals surface area contributed by atoms with Gasteiger partial charge in [-0.15, -0.1) is 0 Å². The quantitative estimate of drug-likeness (QED) is 0.630. The predicted octanol–water partition coefficient (Wildman–Crippen LogP) is 0.937. The molecule has 0 aromatic heterocycles. The Bertz CT molecular complexity index is 197. The van der Waals surface area contributed by atoms with E-state index in [0.29, 0.717) is 0 Å². The zero-order chi connectivity index (χ0) is 9.90. The molecule has 3 nitrogen and oxygen atoms in total. The number of methoxy groups -OCH3 is 1. The van der Waals surface area contributed by atoms with Crippen molar-refractivity contribution in [3.8, 4) is 0 Å². The molecule has 1 heterocycles. The highest BCUT2D eigenvalue weighted by Crippen LogP contribution is 2.27. The van der Waals surface area contributed by atoms with Crippen molar-refractivity contribution in [3.05, 3.63) is 0 Å². The molecule has 1 atom stereocenters. The minimum atomic E-state index is -2.64. The van der Waals surface area contributed by atoms with E-state index in [2.05, 4.69) is 10.1 Å². The van der Waals surface area contributed by atoms with Crippen LogP contribution in [-0.2, 0) is 9.53 Å². The number of hydrogen-bond acceptors (Lipinski definition) is 3. The first-order valence-electron chi connectivity index (χ1n) is 4.24. The molecular weight excluding hydrogens is 180 g/mol. The molecule has 1 N–H and O–H groups in total. The van der Waals surface area contributed by atoms with Crippen LogP contribution in [0.4, 0.5) is 8.78 Å². The molecule has 0 amide bonds. The number of hydrogen-bond donors (Lipinski definition) is 1. The smallest absolute Gasteiger partial charge is 0.322 e. The van der Waals surface area contributed by atoms with Crippen molar-refractivity contribution >= 4 is 5.97 Å². The molecule has 0 aliphatic carbocycles. The zero-order valence-corrected chi connectivity index (χ0v) is 7.48. The van der Waals surface area contributed by atoms with E-state index in [9.17, 15) is 13.6 Å². The van der Waals surface area contributed by atoms with Crippen LogP contribution in [0.2, 0.25) is 0 Å². The average molecular weight is 193 g/mol. The number of alkyl halides is 2. The third-order valence-electron chi connectivity index (χ3n) is 2.17. The first-order chi connectivity index (χ1) is 6.05. The van der Waals surface area contributed by atoms with Gasteiger partial charge in [-0.05, 0) is 6.42 Å². The fraction of sp³-hybridized carbons (Fsp3) is 0.875. The Kier molecular flexibility index (Phi) is 3.19. The van der Waals surface area contributed by atoms with E-state index in [-0.39, 0.29) is 25.8 Å². The van der Waals surface area contributed by atoms with Gasteiger partial charge in [-0.2, -0.15) is 0 Å². The Morgan fingerprint density at radius 3 is 2.85 bits per heavy atom. The van der Waals surface area contributed by atoms with Crippen LogP contribution in [0.3, 0.4) is 0 Å². The van der Waals surface area contributed by atoms with Crippen molar-refractivity contribution in [3.63, 3.8) is 0 Å². The van der Waals surface area contributed by atoms with Gasteiger partial charge in [-0.1, -0.05) is 0 Å². The first-order valence-corrected chi connectivity index (χ1v) is 4.24. The molecule has 0 radical (unpaired) electrons. The van der Waals surface area contributed by atoms with E-state index in [0.717, 1.165) is 0 Å². The summed E-state index contributed by atoms with van der Waals surface area (Å²) in [6.45, 7) is 0.159. The molecule has 0 spiro atoms. The average Bonchev–Trinajstić information content (AvgIpc) is 2.25. The van der Waals surface area contributed by atoms with E-state index >= 15 is 0 Å². The van der Waals surface area contributed by atoms with E-state index in [1.807, 2.05) is 0 Å². The lowest BCUT2D eigenvalue weighted by Crippen LogP contribution is -2.36. The molecule has 0 bridgehead atoms. The lowest BCUT2D eigenvalue weighted by atomic mass is 10.1. The number of halogens is 2. The summed E-state index contributed by atoms with van der Waals surface area (Å²) in [6.07, 6.45) is -0.320. The minimum Gasteiger partial charge on any atom is -0.468 e. The number of carbonyl (C=O) groups excluding carboxylic acids is 1. The molecule has 76 valence electrons. The van der Waals surface area contributed by atoms with E-state index < -0.39 is 17.9 Å². The summed E-state index contributed by atoms with van der Waals surface area (Å²) in [6, 6.07) is -0.571. The number of nitrogens with one attached hydrogen (secondary N) is 1. The summed E-state index contributed by atoms with van der Waals surface area (Å²) in [4.78, 5) is 11.0. The van der Waals surface area contributed by atoms with Crippen molar-refractivity contribution in [1.29, 1.82) is 0 Å². The Hall–Kier alpha value is -0.710. The number of rotatable bonds is 1. The fourth-order valence-corrected chi connectivity index (χ4v) is 1.36. The van der Waals surface area contributed by atoms with Crippen LogP contribution in [0, 0.1) is 0 Å². The Balaban J connectivity index is 2.49. The van der Waals surface area contributed by atoms with Gasteiger partial charge in [0.05, 0.1) is 7.11 Å². The second-order valence-electron chi connectivity index (χ2n) is 3.17. The van der Waals surface area contributed by atoms with Crippen molar-refractivity contribution in [2.24, 2.45) is 0 Å². The SMILES string of the molecule is COC(=O)C1CCC(F)(F)CCN1. The van der Waals surface area contributed by atoms with E-state index in [1.54, 1.807) is 0 Å². The van der Waals surface area contributed by atoms with Gasteiger partial charge in [0.15, 0.2) is 0 Å². The van der Waals surface area contributed by atoms with Crippen molar-refractivity contribution in [2.75, 3.05) is 13.7 Å². The second kappa shape index (κ2) is 4.00. The summed E-state index contributed by atoms with van der Waals surface area (Å²) < 4.78 is 30.1. The molecular formula is C8H13F2NO2. The molecule has 0 saturated carbocycles. The lowest BCUT2D eigenvalue weighted by Gasteiger charge is -2.12. The summed E-state index contributed by atoms with van der Waals surface area (Å²) in [5, 5.41) is 2.73. The van der Waals surface area contributed by atoms with Gasteiger partial charge in [0.2, 0.25) is 5.92 Å². The maximum atomic E-state index is 12.8. The van der Waals surface area contributed by atoms with Gasteiger partial charge >= 0.3 is 5.97 Å². The third kappa shape index (κ3) is 2.91. The fourth-order valence-electron chi connectivity index (χ4n) is 1.36. The number of esters is 1.